The molecule has 1 aromatic rings. The fraction of sp³-hybridized carbons (Fsp3) is 0.526. The van der Waals surface area contributed by atoms with Crippen molar-refractivity contribution in [1.82, 2.24) is 4.72 Å². The van der Waals surface area contributed by atoms with Gasteiger partial charge in [0.15, 0.2) is 0 Å². The van der Waals surface area contributed by atoms with Crippen LogP contribution >= 0.6 is 0 Å². The molecular weight excluding hydrogens is 352 g/mol. The average Bonchev–Trinajstić information content (AvgIpc) is 2.62. The average molecular weight is 381 g/mol. The molecule has 3 N–H and O–H groups in total. The van der Waals surface area contributed by atoms with Crippen LogP contribution in [-0.2, 0) is 10.0 Å². The van der Waals surface area contributed by atoms with E-state index in [1.807, 2.05) is 6.92 Å². The molecule has 144 valence electrons. The molecule has 2 rings (SSSR count). The number of benzene rings is 1. The van der Waals surface area contributed by atoms with E-state index in [9.17, 15) is 18.3 Å². The first-order valence-electron chi connectivity index (χ1n) is 9.23. The van der Waals surface area contributed by atoms with E-state index in [2.05, 4.69) is 16.1 Å². The molecule has 6 nitrogen and oxygen atoms in total. The van der Waals surface area contributed by atoms with E-state index in [1.54, 1.807) is 0 Å². The summed E-state index contributed by atoms with van der Waals surface area (Å²) in [5.41, 5.74) is 1.69. The van der Waals surface area contributed by atoms with E-state index in [0.29, 0.717) is 25.2 Å². The summed E-state index contributed by atoms with van der Waals surface area (Å²) in [6.45, 7) is 3.01. The van der Waals surface area contributed by atoms with Crippen LogP contribution in [0.2, 0.25) is 0 Å². The van der Waals surface area contributed by atoms with Crippen molar-refractivity contribution in [1.29, 1.82) is 0 Å². The zero-order valence-corrected chi connectivity index (χ0v) is 16.1. The van der Waals surface area contributed by atoms with Crippen LogP contribution in [0.1, 0.15) is 62.2 Å². The van der Waals surface area contributed by atoms with E-state index < -0.39 is 16.0 Å². The van der Waals surface area contributed by atoms with Crippen molar-refractivity contribution in [3.05, 3.63) is 35.4 Å². The van der Waals surface area contributed by atoms with Crippen LogP contribution in [0.3, 0.4) is 0 Å². The number of aromatic carboxylic acids is 1. The number of anilines is 1. The van der Waals surface area contributed by atoms with Gasteiger partial charge < -0.3 is 10.4 Å². The monoisotopic (exact) mass is 380 g/mol. The summed E-state index contributed by atoms with van der Waals surface area (Å²) in [7, 11) is -3.79. The molecular formula is C19H28N2O4S. The molecule has 0 aliphatic heterocycles. The van der Waals surface area contributed by atoms with Gasteiger partial charge in [-0.05, 0) is 56.7 Å². The smallest absolute Gasteiger partial charge is 0.335 e. The molecule has 0 bridgehead atoms. The first kappa shape index (κ1) is 20.5. The van der Waals surface area contributed by atoms with Crippen molar-refractivity contribution >= 4 is 21.7 Å². The normalized spacial score (nSPS) is 14.7. The van der Waals surface area contributed by atoms with Gasteiger partial charge in [-0.25, -0.2) is 17.9 Å². The first-order chi connectivity index (χ1) is 12.4. The van der Waals surface area contributed by atoms with Gasteiger partial charge in [-0.1, -0.05) is 25.0 Å². The van der Waals surface area contributed by atoms with Crippen LogP contribution in [-0.4, -0.2) is 32.6 Å². The van der Waals surface area contributed by atoms with Crippen LogP contribution in [0.5, 0.6) is 0 Å². The summed E-state index contributed by atoms with van der Waals surface area (Å²) in [6, 6.07) is 4.17. The Hall–Kier alpha value is -1.86. The Kier molecular flexibility index (Phi) is 7.66. The number of unbranched alkanes of at least 4 members (excludes halogenated alkanes) is 1. The summed E-state index contributed by atoms with van der Waals surface area (Å²) < 4.78 is 28.1. The molecule has 0 heterocycles. The van der Waals surface area contributed by atoms with Gasteiger partial charge >= 0.3 is 5.97 Å². The number of carboxylic acid groups (broad SMARTS) is 1. The summed E-state index contributed by atoms with van der Waals surface area (Å²) >= 11 is 0. The van der Waals surface area contributed by atoms with E-state index in [4.69, 9.17) is 0 Å². The van der Waals surface area contributed by atoms with E-state index in [1.165, 1.54) is 30.2 Å². The highest BCUT2D eigenvalue weighted by molar-refractivity contribution is 7.89. The molecule has 0 saturated carbocycles. The Morgan fingerprint density at radius 2 is 2.04 bits per heavy atom. The van der Waals surface area contributed by atoms with Crippen molar-refractivity contribution < 1.29 is 18.3 Å². The molecule has 1 aliphatic rings. The molecule has 0 fully saturated rings. The summed E-state index contributed by atoms with van der Waals surface area (Å²) in [5.74, 6) is -1.14. The summed E-state index contributed by atoms with van der Waals surface area (Å²) in [6.07, 6.45) is 9.22. The lowest BCUT2D eigenvalue weighted by atomic mass is 9.97. The molecule has 0 amide bonds. The predicted octanol–water partition coefficient (Wildman–Crippen LogP) is 3.77. The van der Waals surface area contributed by atoms with E-state index >= 15 is 0 Å². The number of allylic oxidation sites excluding steroid dienone is 1. The third kappa shape index (κ3) is 5.85. The Labute approximate surface area is 155 Å². The number of rotatable bonds is 10. The highest BCUT2D eigenvalue weighted by Gasteiger charge is 2.20. The second-order valence-corrected chi connectivity index (χ2v) is 8.29. The van der Waals surface area contributed by atoms with Gasteiger partial charge in [0.25, 0.3) is 0 Å². The first-order valence-corrected chi connectivity index (χ1v) is 10.7. The standard InChI is InChI=1S/C19H28N2O4S/c1-2-3-12-20-17-10-9-16(19(22)23)14-18(17)26(24,25)21-13-11-15-7-5-4-6-8-15/h7,9-10,14,20-21H,2-6,8,11-13H2,1H3,(H,22,23). The van der Waals surface area contributed by atoms with Crippen molar-refractivity contribution in [3.63, 3.8) is 0 Å². The highest BCUT2D eigenvalue weighted by Crippen LogP contribution is 2.24. The molecule has 26 heavy (non-hydrogen) atoms. The fourth-order valence-electron chi connectivity index (χ4n) is 2.98. The molecule has 0 unspecified atom stereocenters. The van der Waals surface area contributed by atoms with Crippen LogP contribution < -0.4 is 10.0 Å². The highest BCUT2D eigenvalue weighted by atomic mass is 32.2. The van der Waals surface area contributed by atoms with Gasteiger partial charge in [0.1, 0.15) is 4.90 Å². The minimum absolute atomic E-state index is 0.00822. The Morgan fingerprint density at radius 1 is 1.23 bits per heavy atom. The van der Waals surface area contributed by atoms with Gasteiger partial charge in [0, 0.05) is 13.1 Å². The number of carboxylic acids is 1. The van der Waals surface area contributed by atoms with Crippen molar-refractivity contribution in [3.8, 4) is 0 Å². The minimum atomic E-state index is -3.79. The molecule has 7 heteroatoms. The molecule has 1 aliphatic carbocycles. The number of sulfonamides is 1. The largest absolute Gasteiger partial charge is 0.478 e. The molecule has 0 saturated heterocycles. The zero-order valence-electron chi connectivity index (χ0n) is 15.3. The third-order valence-corrected chi connectivity index (χ3v) is 5.99. The number of nitrogens with one attached hydrogen (secondary N) is 2. The van der Waals surface area contributed by atoms with Gasteiger partial charge in [-0.2, -0.15) is 0 Å². The van der Waals surface area contributed by atoms with Gasteiger partial charge in [0.05, 0.1) is 11.3 Å². The van der Waals surface area contributed by atoms with E-state index in [-0.39, 0.29) is 10.5 Å². The lowest BCUT2D eigenvalue weighted by Crippen LogP contribution is -2.26. The maximum Gasteiger partial charge on any atom is 0.335 e. The van der Waals surface area contributed by atoms with Crippen LogP contribution in [0.4, 0.5) is 5.69 Å². The lowest BCUT2D eigenvalue weighted by Gasteiger charge is -2.15. The second-order valence-electron chi connectivity index (χ2n) is 6.55. The van der Waals surface area contributed by atoms with Crippen LogP contribution in [0.15, 0.2) is 34.7 Å². The lowest BCUT2D eigenvalue weighted by molar-refractivity contribution is 0.0696. The molecule has 1 aromatic carbocycles. The summed E-state index contributed by atoms with van der Waals surface area (Å²) in [5, 5.41) is 12.3. The number of hydrogen-bond acceptors (Lipinski definition) is 4. The van der Waals surface area contributed by atoms with E-state index in [0.717, 1.165) is 32.1 Å². The maximum atomic E-state index is 12.7. The van der Waals surface area contributed by atoms with Gasteiger partial charge in [-0.3, -0.25) is 0 Å². The zero-order chi connectivity index (χ0) is 19.0. The summed E-state index contributed by atoms with van der Waals surface area (Å²) in [4.78, 5) is 11.2. The Morgan fingerprint density at radius 3 is 2.69 bits per heavy atom. The molecule has 0 radical (unpaired) electrons. The Balaban J connectivity index is 2.14. The topological polar surface area (TPSA) is 95.5 Å². The van der Waals surface area contributed by atoms with Crippen LogP contribution in [0.25, 0.3) is 0 Å². The molecule has 0 atom stereocenters. The van der Waals surface area contributed by atoms with Gasteiger partial charge in [-0.15, -0.1) is 0 Å². The van der Waals surface area contributed by atoms with Crippen molar-refractivity contribution in [2.75, 3.05) is 18.4 Å². The quantitative estimate of drug-likeness (QED) is 0.424. The fourth-order valence-corrected chi connectivity index (χ4v) is 4.22. The third-order valence-electron chi connectivity index (χ3n) is 4.49. The maximum absolute atomic E-state index is 12.7. The molecule has 0 spiro atoms. The molecule has 0 aromatic heterocycles. The van der Waals surface area contributed by atoms with Crippen LogP contribution in [0, 0.1) is 0 Å². The number of hydrogen-bond donors (Lipinski definition) is 3. The predicted molar refractivity (Wildman–Crippen MR) is 103 cm³/mol. The minimum Gasteiger partial charge on any atom is -0.478 e. The Bertz CT molecular complexity index is 757. The number of carbonyl (C=O) groups is 1. The van der Waals surface area contributed by atoms with Crippen molar-refractivity contribution in [2.45, 2.75) is 56.8 Å². The second kappa shape index (κ2) is 9.73. The SMILES string of the molecule is CCCCNc1ccc(C(=O)O)cc1S(=O)(=O)NCCC1=CCCCC1. The van der Waals surface area contributed by atoms with Gasteiger partial charge in [0.2, 0.25) is 10.0 Å². The van der Waals surface area contributed by atoms with Crippen molar-refractivity contribution in [2.24, 2.45) is 0 Å².